The number of hydrogen-bond donors (Lipinski definition) is 0. The third-order valence-corrected chi connectivity index (χ3v) is 6.26. The van der Waals surface area contributed by atoms with Crippen LogP contribution in [0.2, 0.25) is 0 Å². The van der Waals surface area contributed by atoms with Crippen LogP contribution in [0.5, 0.6) is 0 Å². The predicted molar refractivity (Wildman–Crippen MR) is 96.3 cm³/mol. The molecule has 2 aliphatic rings. The Morgan fingerprint density at radius 2 is 1.43 bits per heavy atom. The highest BCUT2D eigenvalue weighted by atomic mass is 16.5. The van der Waals surface area contributed by atoms with E-state index in [1.165, 1.54) is 57.8 Å². The average Bonchev–Trinajstić information content (AvgIpc) is 2.57. The summed E-state index contributed by atoms with van der Waals surface area (Å²) in [6, 6.07) is 0. The van der Waals surface area contributed by atoms with Gasteiger partial charge < -0.3 is 4.74 Å². The van der Waals surface area contributed by atoms with Crippen LogP contribution < -0.4 is 0 Å². The van der Waals surface area contributed by atoms with Crippen molar-refractivity contribution in [3.63, 3.8) is 0 Å². The molecule has 2 saturated carbocycles. The smallest absolute Gasteiger partial charge is 0.306 e. The molecule has 0 aromatic carbocycles. The van der Waals surface area contributed by atoms with E-state index < -0.39 is 0 Å². The van der Waals surface area contributed by atoms with Gasteiger partial charge in [0, 0.05) is 6.42 Å². The van der Waals surface area contributed by atoms with Crippen molar-refractivity contribution < 1.29 is 9.53 Å². The Kier molecular flexibility index (Phi) is 8.47. The lowest BCUT2D eigenvalue weighted by Gasteiger charge is -2.37. The Morgan fingerprint density at radius 1 is 0.826 bits per heavy atom. The number of esters is 1. The van der Waals surface area contributed by atoms with E-state index in [4.69, 9.17) is 4.74 Å². The van der Waals surface area contributed by atoms with Crippen LogP contribution in [0.25, 0.3) is 0 Å². The largest absolute Gasteiger partial charge is 0.462 e. The van der Waals surface area contributed by atoms with Crippen LogP contribution in [-0.2, 0) is 9.53 Å². The second kappa shape index (κ2) is 10.4. The van der Waals surface area contributed by atoms with Crippen molar-refractivity contribution in [3.05, 3.63) is 0 Å². The van der Waals surface area contributed by atoms with Gasteiger partial charge in [0.15, 0.2) is 0 Å². The quantitative estimate of drug-likeness (QED) is 0.388. The predicted octanol–water partition coefficient (Wildman–Crippen LogP) is 6.28. The van der Waals surface area contributed by atoms with Crippen molar-refractivity contribution in [3.8, 4) is 0 Å². The first-order chi connectivity index (χ1) is 11.2. The molecular weight excluding hydrogens is 284 g/mol. The van der Waals surface area contributed by atoms with Gasteiger partial charge in [-0.05, 0) is 62.7 Å². The van der Waals surface area contributed by atoms with Crippen molar-refractivity contribution in [2.45, 2.75) is 110 Å². The number of rotatable bonds is 8. The van der Waals surface area contributed by atoms with E-state index in [1.807, 2.05) is 0 Å². The summed E-state index contributed by atoms with van der Waals surface area (Å²) >= 11 is 0. The average molecular weight is 323 g/mol. The molecule has 0 atom stereocenters. The fourth-order valence-electron chi connectivity index (χ4n) is 4.80. The monoisotopic (exact) mass is 322 g/mol. The minimum atomic E-state index is 0.0435. The van der Waals surface area contributed by atoms with E-state index in [1.54, 1.807) is 0 Å². The van der Waals surface area contributed by atoms with E-state index >= 15 is 0 Å². The van der Waals surface area contributed by atoms with Gasteiger partial charge in [-0.1, -0.05) is 52.4 Å². The second-order valence-corrected chi connectivity index (χ2v) is 8.05. The summed E-state index contributed by atoms with van der Waals surface area (Å²) in [5.74, 6) is 2.93. The minimum Gasteiger partial charge on any atom is -0.462 e. The molecule has 0 aromatic heterocycles. The van der Waals surface area contributed by atoms with Gasteiger partial charge in [-0.3, -0.25) is 4.79 Å². The molecule has 0 spiro atoms. The molecule has 0 bridgehead atoms. The van der Waals surface area contributed by atoms with E-state index in [9.17, 15) is 4.79 Å². The zero-order valence-corrected chi connectivity index (χ0v) is 15.5. The molecule has 0 unspecified atom stereocenters. The highest BCUT2D eigenvalue weighted by Gasteiger charge is 2.31. The molecule has 2 nitrogen and oxygen atoms in total. The second-order valence-electron chi connectivity index (χ2n) is 8.05. The third-order valence-electron chi connectivity index (χ3n) is 6.26. The Balaban J connectivity index is 1.61. The molecule has 0 radical (unpaired) electrons. The molecule has 0 aromatic rings. The summed E-state index contributed by atoms with van der Waals surface area (Å²) in [6.45, 7) is 4.49. The zero-order valence-electron chi connectivity index (χ0n) is 15.5. The van der Waals surface area contributed by atoms with Gasteiger partial charge in [-0.25, -0.2) is 0 Å². The molecular formula is C21H38O2. The van der Waals surface area contributed by atoms with Gasteiger partial charge in [0.1, 0.15) is 6.10 Å². The van der Waals surface area contributed by atoms with Crippen LogP contribution in [0.15, 0.2) is 0 Å². The molecule has 23 heavy (non-hydrogen) atoms. The molecule has 2 heteroatoms. The van der Waals surface area contributed by atoms with Crippen LogP contribution in [0, 0.1) is 17.8 Å². The topological polar surface area (TPSA) is 26.3 Å². The van der Waals surface area contributed by atoms with Gasteiger partial charge in [0.2, 0.25) is 0 Å². The van der Waals surface area contributed by atoms with Gasteiger partial charge in [-0.15, -0.1) is 0 Å². The summed E-state index contributed by atoms with van der Waals surface area (Å²) in [7, 11) is 0. The Bertz CT molecular complexity index is 323. The van der Waals surface area contributed by atoms with Crippen LogP contribution in [-0.4, -0.2) is 12.1 Å². The first kappa shape index (κ1) is 18.8. The van der Waals surface area contributed by atoms with E-state index in [-0.39, 0.29) is 12.1 Å². The third kappa shape index (κ3) is 6.47. The minimum absolute atomic E-state index is 0.0435. The van der Waals surface area contributed by atoms with E-state index in [2.05, 4.69) is 13.8 Å². The van der Waals surface area contributed by atoms with Gasteiger partial charge in [0.25, 0.3) is 0 Å². The van der Waals surface area contributed by atoms with Crippen molar-refractivity contribution in [2.24, 2.45) is 17.8 Å². The lowest BCUT2D eigenvalue weighted by molar-refractivity contribution is -0.151. The van der Waals surface area contributed by atoms with Crippen molar-refractivity contribution in [2.75, 3.05) is 0 Å². The number of ether oxygens (including phenoxy) is 1. The molecule has 2 rings (SSSR count). The molecule has 0 amide bonds. The number of hydrogen-bond acceptors (Lipinski definition) is 2. The summed E-state index contributed by atoms with van der Waals surface area (Å²) in [5.41, 5.74) is 0. The van der Waals surface area contributed by atoms with Crippen LogP contribution in [0.3, 0.4) is 0 Å². The lowest BCUT2D eigenvalue weighted by atomic mass is 9.70. The van der Waals surface area contributed by atoms with Crippen LogP contribution >= 0.6 is 0 Å². The van der Waals surface area contributed by atoms with Gasteiger partial charge in [0.05, 0.1) is 0 Å². The molecule has 2 fully saturated rings. The molecule has 134 valence electrons. The van der Waals surface area contributed by atoms with Crippen molar-refractivity contribution >= 4 is 5.97 Å². The number of carbonyl (C=O) groups is 1. The standard InChI is InChI=1S/C21H38O2/c1-3-5-6-8-21(22)23-20-15-13-19(14-16-20)18-11-9-17(7-4-2)10-12-18/h17-20H,3-16H2,1-2H3. The molecule has 0 heterocycles. The van der Waals surface area contributed by atoms with Crippen molar-refractivity contribution in [1.82, 2.24) is 0 Å². The maximum atomic E-state index is 11.8. The fourth-order valence-corrected chi connectivity index (χ4v) is 4.80. The highest BCUT2D eigenvalue weighted by molar-refractivity contribution is 5.69. The molecule has 2 aliphatic carbocycles. The fraction of sp³-hybridized carbons (Fsp3) is 0.952. The Labute approximate surface area is 143 Å². The number of unbranched alkanes of at least 4 members (excludes halogenated alkanes) is 2. The Morgan fingerprint density at radius 3 is 2.00 bits per heavy atom. The van der Waals surface area contributed by atoms with Gasteiger partial charge >= 0.3 is 5.97 Å². The summed E-state index contributed by atoms with van der Waals surface area (Å²) in [6.07, 6.45) is 17.6. The molecule has 0 N–H and O–H groups in total. The summed E-state index contributed by atoms with van der Waals surface area (Å²) < 4.78 is 5.68. The molecule has 0 saturated heterocycles. The summed E-state index contributed by atoms with van der Waals surface area (Å²) in [4.78, 5) is 11.8. The lowest BCUT2D eigenvalue weighted by Crippen LogP contribution is -2.29. The summed E-state index contributed by atoms with van der Waals surface area (Å²) in [5, 5.41) is 0. The SMILES string of the molecule is CCCCCC(=O)OC1CCC(C2CCC(CCC)CC2)CC1. The van der Waals surface area contributed by atoms with E-state index in [0.29, 0.717) is 6.42 Å². The zero-order chi connectivity index (χ0) is 16.5. The van der Waals surface area contributed by atoms with E-state index in [0.717, 1.165) is 43.4 Å². The van der Waals surface area contributed by atoms with Gasteiger partial charge in [-0.2, -0.15) is 0 Å². The first-order valence-electron chi connectivity index (χ1n) is 10.4. The van der Waals surface area contributed by atoms with Crippen LogP contribution in [0.4, 0.5) is 0 Å². The molecule has 0 aliphatic heterocycles. The maximum Gasteiger partial charge on any atom is 0.306 e. The highest BCUT2D eigenvalue weighted by Crippen LogP contribution is 2.41. The first-order valence-corrected chi connectivity index (χ1v) is 10.4. The maximum absolute atomic E-state index is 11.8. The van der Waals surface area contributed by atoms with Crippen molar-refractivity contribution in [1.29, 1.82) is 0 Å². The van der Waals surface area contributed by atoms with Crippen LogP contribution in [0.1, 0.15) is 104 Å². The number of carbonyl (C=O) groups excluding carboxylic acids is 1. The normalized spacial score (nSPS) is 31.7. The Hall–Kier alpha value is -0.530.